The Bertz CT molecular complexity index is 1140. The molecule has 0 amide bonds. The second kappa shape index (κ2) is 12.9. The lowest BCUT2D eigenvalue weighted by molar-refractivity contribution is -0.145. The summed E-state index contributed by atoms with van der Waals surface area (Å²) >= 11 is 2.17. The third-order valence-corrected chi connectivity index (χ3v) is 5.38. The Morgan fingerprint density at radius 2 is 1.54 bits per heavy atom. The summed E-state index contributed by atoms with van der Waals surface area (Å²) in [5.41, 5.74) is 1.52. The van der Waals surface area contributed by atoms with Crippen molar-refractivity contribution in [3.8, 4) is 23.0 Å². The minimum Gasteiger partial charge on any atom is -0.482 e. The van der Waals surface area contributed by atoms with Crippen LogP contribution in [0.5, 0.6) is 23.0 Å². The van der Waals surface area contributed by atoms with E-state index >= 15 is 0 Å². The molecule has 0 heterocycles. The second-order valence-corrected chi connectivity index (χ2v) is 9.69. The zero-order valence-corrected chi connectivity index (χ0v) is 22.4. The standard InChI is InChI=1S/C28H29BrF2O6/c1-4-34-26(32)18-35-22-12-14-23(15-13-22)36-25-7-5-6-20(16-25)17-33-19-27(2,3)21-8-10-24(11-9-21)37-28(29,30)31/h5-16H,4,17-19H2,1-3H3. The molecule has 0 aliphatic heterocycles. The molecule has 0 bridgehead atoms. The van der Waals surface area contributed by atoms with Crippen LogP contribution in [0.25, 0.3) is 0 Å². The summed E-state index contributed by atoms with van der Waals surface area (Å²) in [5, 5.41) is -3.41. The molecule has 3 rings (SSSR count). The molecule has 0 spiro atoms. The van der Waals surface area contributed by atoms with Gasteiger partial charge in [-0.2, -0.15) is 8.78 Å². The summed E-state index contributed by atoms with van der Waals surface area (Å²) in [6.45, 7) is 6.72. The van der Waals surface area contributed by atoms with Crippen LogP contribution in [-0.2, 0) is 26.3 Å². The smallest absolute Gasteiger partial charge is 0.459 e. The predicted molar refractivity (Wildman–Crippen MR) is 139 cm³/mol. The second-order valence-electron chi connectivity index (χ2n) is 8.76. The highest BCUT2D eigenvalue weighted by molar-refractivity contribution is 9.09. The first-order chi connectivity index (χ1) is 17.5. The molecule has 0 radical (unpaired) electrons. The molecule has 3 aromatic rings. The molecule has 0 saturated heterocycles. The highest BCUT2D eigenvalue weighted by Gasteiger charge is 2.27. The van der Waals surface area contributed by atoms with E-state index in [1.54, 1.807) is 43.3 Å². The van der Waals surface area contributed by atoms with Gasteiger partial charge in [-0.3, -0.25) is 0 Å². The van der Waals surface area contributed by atoms with E-state index in [4.69, 9.17) is 18.9 Å². The van der Waals surface area contributed by atoms with E-state index in [2.05, 4.69) is 20.7 Å². The Morgan fingerprint density at radius 1 is 0.892 bits per heavy atom. The van der Waals surface area contributed by atoms with Crippen LogP contribution in [0.3, 0.4) is 0 Å². The number of alkyl halides is 3. The number of carbonyl (C=O) groups is 1. The summed E-state index contributed by atoms with van der Waals surface area (Å²) in [4.78, 5) is 11.4. The van der Waals surface area contributed by atoms with Crippen LogP contribution in [0.4, 0.5) is 8.78 Å². The maximum Gasteiger partial charge on any atom is 0.459 e. The van der Waals surface area contributed by atoms with Gasteiger partial charge in [0.25, 0.3) is 0 Å². The van der Waals surface area contributed by atoms with Crippen molar-refractivity contribution in [2.75, 3.05) is 19.8 Å². The predicted octanol–water partition coefficient (Wildman–Crippen LogP) is 7.24. The fourth-order valence-corrected chi connectivity index (χ4v) is 3.59. The third kappa shape index (κ3) is 9.66. The molecule has 3 aromatic carbocycles. The van der Waals surface area contributed by atoms with Crippen LogP contribution in [0.2, 0.25) is 0 Å². The Kier molecular flexibility index (Phi) is 9.88. The molecule has 0 N–H and O–H groups in total. The van der Waals surface area contributed by atoms with Crippen molar-refractivity contribution in [2.24, 2.45) is 0 Å². The topological polar surface area (TPSA) is 63.2 Å². The van der Waals surface area contributed by atoms with Crippen LogP contribution in [0.1, 0.15) is 31.9 Å². The quantitative estimate of drug-likeness (QED) is 0.157. The fourth-order valence-electron chi connectivity index (χ4n) is 3.40. The van der Waals surface area contributed by atoms with Gasteiger partial charge < -0.3 is 23.7 Å². The lowest BCUT2D eigenvalue weighted by Gasteiger charge is -2.25. The SMILES string of the molecule is CCOC(=O)COc1ccc(Oc2cccc(COCC(C)(C)c3ccc(OC(F)(F)Br)cc3)c2)cc1. The zero-order valence-electron chi connectivity index (χ0n) is 20.8. The molecule has 0 saturated carbocycles. The largest absolute Gasteiger partial charge is 0.482 e. The van der Waals surface area contributed by atoms with E-state index in [-0.39, 0.29) is 17.8 Å². The fraction of sp³-hybridized carbons (Fsp3) is 0.321. The normalized spacial score (nSPS) is 11.6. The highest BCUT2D eigenvalue weighted by atomic mass is 79.9. The van der Waals surface area contributed by atoms with E-state index in [9.17, 15) is 13.6 Å². The van der Waals surface area contributed by atoms with Crippen LogP contribution in [0.15, 0.2) is 72.8 Å². The number of benzene rings is 3. The number of rotatable bonds is 13. The van der Waals surface area contributed by atoms with Crippen LogP contribution in [-0.4, -0.2) is 30.8 Å². The monoisotopic (exact) mass is 578 g/mol. The first-order valence-corrected chi connectivity index (χ1v) is 12.4. The van der Waals surface area contributed by atoms with Crippen molar-refractivity contribution in [2.45, 2.75) is 37.8 Å². The lowest BCUT2D eigenvalue weighted by Crippen LogP contribution is -2.24. The molecule has 0 aliphatic carbocycles. The van der Waals surface area contributed by atoms with Gasteiger partial charge in [0.15, 0.2) is 6.61 Å². The first-order valence-electron chi connectivity index (χ1n) is 11.6. The molecule has 6 nitrogen and oxygen atoms in total. The Balaban J connectivity index is 1.50. The third-order valence-electron chi connectivity index (χ3n) is 5.22. The number of halogens is 3. The van der Waals surface area contributed by atoms with E-state index < -0.39 is 11.0 Å². The van der Waals surface area contributed by atoms with Gasteiger partial charge in [-0.1, -0.05) is 38.1 Å². The molecule has 198 valence electrons. The molecule has 9 heteroatoms. The maximum absolute atomic E-state index is 13.0. The lowest BCUT2D eigenvalue weighted by atomic mass is 9.85. The molecule has 37 heavy (non-hydrogen) atoms. The average molecular weight is 579 g/mol. The van der Waals surface area contributed by atoms with Gasteiger partial charge in [-0.25, -0.2) is 4.79 Å². The molecule has 0 atom stereocenters. The van der Waals surface area contributed by atoms with E-state index in [0.717, 1.165) is 11.1 Å². The van der Waals surface area contributed by atoms with E-state index in [0.29, 0.717) is 37.1 Å². The van der Waals surface area contributed by atoms with Crippen LogP contribution < -0.4 is 14.2 Å². The van der Waals surface area contributed by atoms with E-state index in [1.165, 1.54) is 12.1 Å². The molecular weight excluding hydrogens is 550 g/mol. The summed E-state index contributed by atoms with van der Waals surface area (Å²) in [5.74, 6) is 1.45. The van der Waals surface area contributed by atoms with Crippen molar-refractivity contribution in [3.63, 3.8) is 0 Å². The number of ether oxygens (including phenoxy) is 5. The molecule has 0 unspecified atom stereocenters. The van der Waals surface area contributed by atoms with Gasteiger partial charge in [-0.15, -0.1) is 0 Å². The van der Waals surface area contributed by atoms with Crippen molar-refractivity contribution in [3.05, 3.63) is 83.9 Å². The average Bonchev–Trinajstić information content (AvgIpc) is 2.83. The minimum atomic E-state index is -3.41. The van der Waals surface area contributed by atoms with Gasteiger partial charge in [0.1, 0.15) is 23.0 Å². The summed E-state index contributed by atoms with van der Waals surface area (Å²) in [6, 6.07) is 21.0. The van der Waals surface area contributed by atoms with Gasteiger partial charge >= 0.3 is 11.0 Å². The van der Waals surface area contributed by atoms with Crippen molar-refractivity contribution < 1.29 is 37.3 Å². The van der Waals surface area contributed by atoms with Crippen LogP contribution in [0, 0.1) is 0 Å². The first kappa shape index (κ1) is 28.4. The minimum absolute atomic E-state index is 0.0676. The summed E-state index contributed by atoms with van der Waals surface area (Å²) in [6.07, 6.45) is 0. The molecular formula is C28H29BrF2O6. The zero-order chi connectivity index (χ0) is 26.9. The number of hydrogen-bond donors (Lipinski definition) is 0. The summed E-state index contributed by atoms with van der Waals surface area (Å²) in [7, 11) is 0. The number of esters is 1. The summed E-state index contributed by atoms with van der Waals surface area (Å²) < 4.78 is 52.5. The Hall–Kier alpha value is -3.17. The maximum atomic E-state index is 13.0. The Morgan fingerprint density at radius 3 is 2.19 bits per heavy atom. The van der Waals surface area contributed by atoms with Crippen molar-refractivity contribution in [1.82, 2.24) is 0 Å². The number of hydrogen-bond acceptors (Lipinski definition) is 6. The van der Waals surface area contributed by atoms with Crippen molar-refractivity contribution >= 4 is 21.9 Å². The number of carbonyl (C=O) groups excluding carboxylic acids is 1. The van der Waals surface area contributed by atoms with E-state index in [1.807, 2.05) is 38.1 Å². The van der Waals surface area contributed by atoms with Crippen molar-refractivity contribution in [1.29, 1.82) is 0 Å². The molecule has 0 aliphatic rings. The van der Waals surface area contributed by atoms with Crippen LogP contribution >= 0.6 is 15.9 Å². The molecule has 0 aromatic heterocycles. The van der Waals surface area contributed by atoms with Gasteiger partial charge in [-0.05, 0) is 66.6 Å². The van der Waals surface area contributed by atoms with Gasteiger partial charge in [0, 0.05) is 21.3 Å². The molecule has 0 fully saturated rings. The van der Waals surface area contributed by atoms with Gasteiger partial charge in [0.2, 0.25) is 0 Å². The highest BCUT2D eigenvalue weighted by Crippen LogP contribution is 2.30. The Labute approximate surface area is 223 Å². The van der Waals surface area contributed by atoms with Gasteiger partial charge in [0.05, 0.1) is 19.8 Å².